The van der Waals surface area contributed by atoms with Gasteiger partial charge in [-0.1, -0.05) is 24.3 Å². The van der Waals surface area contributed by atoms with Crippen LogP contribution in [0.2, 0.25) is 0 Å². The number of hydrogen-bond donors (Lipinski definition) is 0. The minimum atomic E-state index is -2.66. The van der Waals surface area contributed by atoms with Crippen molar-refractivity contribution in [2.75, 3.05) is 0 Å². The number of para-hydroxylation sites is 3. The van der Waals surface area contributed by atoms with Crippen molar-refractivity contribution in [1.29, 1.82) is 0 Å². The summed E-state index contributed by atoms with van der Waals surface area (Å²) in [5, 5.41) is 0. The summed E-state index contributed by atoms with van der Waals surface area (Å²) >= 11 is 3.35. The molecule has 3 nitrogen and oxygen atoms in total. The fourth-order valence-electron chi connectivity index (χ4n) is 2.12. The van der Waals surface area contributed by atoms with E-state index in [1.807, 2.05) is 18.2 Å². The monoisotopic (exact) mass is 352 g/mol. The Labute approximate surface area is 128 Å². The maximum atomic E-state index is 13.3. The van der Waals surface area contributed by atoms with E-state index < -0.39 is 6.55 Å². The van der Waals surface area contributed by atoms with E-state index in [1.165, 1.54) is 0 Å². The van der Waals surface area contributed by atoms with E-state index in [0.717, 1.165) is 9.04 Å². The number of alkyl halides is 2. The third-order valence-corrected chi connectivity index (χ3v) is 3.71. The molecule has 0 spiro atoms. The van der Waals surface area contributed by atoms with Gasteiger partial charge in [0.25, 0.3) is 0 Å². The highest BCUT2D eigenvalue weighted by Crippen LogP contribution is 2.27. The third-order valence-electron chi connectivity index (χ3n) is 3.06. The number of imidazole rings is 1. The van der Waals surface area contributed by atoms with Crippen LogP contribution in [0.25, 0.3) is 11.0 Å². The van der Waals surface area contributed by atoms with Crippen molar-refractivity contribution in [3.05, 3.63) is 58.8 Å². The zero-order valence-electron chi connectivity index (χ0n) is 10.8. The normalized spacial score (nSPS) is 11.2. The molecule has 0 saturated carbocycles. The average Bonchev–Trinajstić information content (AvgIpc) is 2.85. The van der Waals surface area contributed by atoms with Gasteiger partial charge in [0.15, 0.2) is 5.82 Å². The fourth-order valence-corrected chi connectivity index (χ4v) is 2.52. The van der Waals surface area contributed by atoms with E-state index in [4.69, 9.17) is 4.74 Å². The highest BCUT2D eigenvalue weighted by molar-refractivity contribution is 9.10. The lowest BCUT2D eigenvalue weighted by molar-refractivity contribution is 0.0677. The van der Waals surface area contributed by atoms with Crippen LogP contribution in [0.4, 0.5) is 8.78 Å². The molecule has 0 aliphatic rings. The standard InChI is InChI=1S/C15H11BrF2N2O/c16-10-5-1-4-8-13(10)21-9-14-19-11-6-2-3-7-12(11)20(14)15(17)18/h1-8,15H,9H2. The lowest BCUT2D eigenvalue weighted by Crippen LogP contribution is -2.08. The topological polar surface area (TPSA) is 27.1 Å². The first-order valence-electron chi connectivity index (χ1n) is 6.28. The maximum Gasteiger partial charge on any atom is 0.320 e. The van der Waals surface area contributed by atoms with Gasteiger partial charge in [0.2, 0.25) is 0 Å². The summed E-state index contributed by atoms with van der Waals surface area (Å²) in [6.07, 6.45) is 0. The number of hydrogen-bond acceptors (Lipinski definition) is 2. The van der Waals surface area contributed by atoms with Gasteiger partial charge >= 0.3 is 6.55 Å². The van der Waals surface area contributed by atoms with Crippen LogP contribution in [0, 0.1) is 0 Å². The third kappa shape index (κ3) is 2.76. The molecule has 0 saturated heterocycles. The Kier molecular flexibility index (Phi) is 3.88. The fraction of sp³-hybridized carbons (Fsp3) is 0.133. The predicted octanol–water partition coefficient (Wildman–Crippen LogP) is 4.77. The van der Waals surface area contributed by atoms with Crippen LogP contribution < -0.4 is 4.74 Å². The van der Waals surface area contributed by atoms with E-state index in [0.29, 0.717) is 16.8 Å². The molecule has 21 heavy (non-hydrogen) atoms. The molecule has 6 heteroatoms. The van der Waals surface area contributed by atoms with Gasteiger partial charge in [-0.25, -0.2) is 4.98 Å². The van der Waals surface area contributed by atoms with Gasteiger partial charge in [-0.2, -0.15) is 8.78 Å². The van der Waals surface area contributed by atoms with Gasteiger partial charge in [-0.05, 0) is 40.2 Å². The zero-order valence-corrected chi connectivity index (χ0v) is 12.4. The van der Waals surface area contributed by atoms with Crippen LogP contribution in [-0.2, 0) is 6.61 Å². The van der Waals surface area contributed by atoms with E-state index >= 15 is 0 Å². The quantitative estimate of drug-likeness (QED) is 0.675. The molecule has 3 rings (SSSR count). The number of aromatic nitrogens is 2. The summed E-state index contributed by atoms with van der Waals surface area (Å²) in [7, 11) is 0. The Balaban J connectivity index is 1.93. The molecule has 0 aliphatic carbocycles. The number of nitrogens with zero attached hydrogens (tertiary/aromatic N) is 2. The molecule has 0 N–H and O–H groups in total. The molecule has 2 aromatic carbocycles. The van der Waals surface area contributed by atoms with Crippen molar-refractivity contribution in [2.45, 2.75) is 13.2 Å². The Bertz CT molecular complexity index is 773. The molecule has 0 bridgehead atoms. The van der Waals surface area contributed by atoms with Crippen molar-refractivity contribution in [2.24, 2.45) is 0 Å². The smallest absolute Gasteiger partial charge is 0.320 e. The minimum absolute atomic E-state index is 0.0262. The highest BCUT2D eigenvalue weighted by atomic mass is 79.9. The molecule has 0 unspecified atom stereocenters. The zero-order chi connectivity index (χ0) is 14.8. The first-order valence-corrected chi connectivity index (χ1v) is 7.07. The van der Waals surface area contributed by atoms with Gasteiger partial charge in [0.05, 0.1) is 15.5 Å². The second kappa shape index (κ2) is 5.81. The summed E-state index contributed by atoms with van der Waals surface area (Å²) in [6, 6.07) is 14.1. The number of ether oxygens (including phenoxy) is 1. The Morgan fingerprint density at radius 3 is 2.57 bits per heavy atom. The molecular formula is C15H11BrF2N2O. The van der Waals surface area contributed by atoms with Gasteiger partial charge < -0.3 is 4.74 Å². The van der Waals surface area contributed by atoms with Gasteiger partial charge in [0.1, 0.15) is 12.4 Å². The molecule has 1 heterocycles. The maximum absolute atomic E-state index is 13.3. The SMILES string of the molecule is FC(F)n1c(COc2ccccc2Br)nc2ccccc21. The largest absolute Gasteiger partial charge is 0.484 e. The van der Waals surface area contributed by atoms with Crippen molar-refractivity contribution in [3.63, 3.8) is 0 Å². The van der Waals surface area contributed by atoms with E-state index in [-0.39, 0.29) is 12.4 Å². The Morgan fingerprint density at radius 1 is 1.10 bits per heavy atom. The van der Waals surface area contributed by atoms with Crippen LogP contribution in [0.15, 0.2) is 53.0 Å². The molecule has 0 radical (unpaired) electrons. The first-order chi connectivity index (χ1) is 10.2. The first kappa shape index (κ1) is 14.0. The molecular weight excluding hydrogens is 342 g/mol. The summed E-state index contributed by atoms with van der Waals surface area (Å²) < 4.78 is 33.8. The van der Waals surface area contributed by atoms with E-state index in [2.05, 4.69) is 20.9 Å². The van der Waals surface area contributed by atoms with Crippen molar-refractivity contribution < 1.29 is 13.5 Å². The van der Waals surface area contributed by atoms with Crippen molar-refractivity contribution in [3.8, 4) is 5.75 Å². The number of benzene rings is 2. The second-order valence-corrected chi connectivity index (χ2v) is 5.24. The van der Waals surface area contributed by atoms with E-state index in [1.54, 1.807) is 30.3 Å². The number of halogens is 3. The number of rotatable bonds is 4. The Hall–Kier alpha value is -1.95. The summed E-state index contributed by atoms with van der Waals surface area (Å²) in [6.45, 7) is -2.68. The summed E-state index contributed by atoms with van der Waals surface area (Å²) in [4.78, 5) is 4.22. The van der Waals surface area contributed by atoms with E-state index in [9.17, 15) is 8.78 Å². The summed E-state index contributed by atoms with van der Waals surface area (Å²) in [5.41, 5.74) is 0.932. The average molecular weight is 353 g/mol. The second-order valence-electron chi connectivity index (χ2n) is 4.38. The van der Waals surface area contributed by atoms with Crippen LogP contribution in [0.3, 0.4) is 0 Å². The van der Waals surface area contributed by atoms with Crippen LogP contribution in [0.1, 0.15) is 12.4 Å². The highest BCUT2D eigenvalue weighted by Gasteiger charge is 2.17. The predicted molar refractivity (Wildman–Crippen MR) is 79.5 cm³/mol. The molecule has 0 atom stereocenters. The lowest BCUT2D eigenvalue weighted by atomic mass is 10.3. The number of fused-ring (bicyclic) bond motifs is 1. The Morgan fingerprint density at radius 2 is 1.81 bits per heavy atom. The van der Waals surface area contributed by atoms with Crippen molar-refractivity contribution in [1.82, 2.24) is 9.55 Å². The van der Waals surface area contributed by atoms with Crippen LogP contribution in [-0.4, -0.2) is 9.55 Å². The molecule has 0 amide bonds. The summed E-state index contributed by atoms with van der Waals surface area (Å²) in [5.74, 6) is 0.785. The van der Waals surface area contributed by atoms with Crippen LogP contribution in [0.5, 0.6) is 5.75 Å². The molecule has 0 fully saturated rings. The molecule has 0 aliphatic heterocycles. The molecule has 3 aromatic rings. The van der Waals surface area contributed by atoms with Crippen LogP contribution >= 0.6 is 15.9 Å². The van der Waals surface area contributed by atoms with Crippen molar-refractivity contribution >= 4 is 27.0 Å². The van der Waals surface area contributed by atoms with Gasteiger partial charge in [0, 0.05) is 0 Å². The minimum Gasteiger partial charge on any atom is -0.484 e. The molecule has 1 aromatic heterocycles. The molecule has 108 valence electrons. The lowest BCUT2D eigenvalue weighted by Gasteiger charge is -2.10. The van der Waals surface area contributed by atoms with Gasteiger partial charge in [-0.15, -0.1) is 0 Å². The van der Waals surface area contributed by atoms with Gasteiger partial charge in [-0.3, -0.25) is 4.57 Å².